The molecular formula is C19H21ClFNO2S. The molecule has 3 nitrogen and oxygen atoms in total. The maximum Gasteiger partial charge on any atom is 0.263 e. The first kappa shape index (κ1) is 18.4. The van der Waals surface area contributed by atoms with Gasteiger partial charge in [-0.15, -0.1) is 11.3 Å². The molecule has 1 aromatic carbocycles. The molecule has 3 rings (SSSR count). The summed E-state index contributed by atoms with van der Waals surface area (Å²) >= 11 is 7.24. The van der Waals surface area contributed by atoms with Crippen molar-refractivity contribution in [1.29, 1.82) is 0 Å². The van der Waals surface area contributed by atoms with Gasteiger partial charge in [0.05, 0.1) is 15.8 Å². The summed E-state index contributed by atoms with van der Waals surface area (Å²) in [7, 11) is 0. The van der Waals surface area contributed by atoms with E-state index in [1.165, 1.54) is 23.5 Å². The molecule has 0 saturated carbocycles. The molecule has 134 valence electrons. The number of benzene rings is 1. The molecule has 0 aliphatic carbocycles. The van der Waals surface area contributed by atoms with Gasteiger partial charge >= 0.3 is 0 Å². The Morgan fingerprint density at radius 2 is 2.08 bits per heavy atom. The number of rotatable bonds is 6. The lowest BCUT2D eigenvalue weighted by Gasteiger charge is -2.31. The monoisotopic (exact) mass is 381 g/mol. The summed E-state index contributed by atoms with van der Waals surface area (Å²) in [5.41, 5.74) is 0.857. The van der Waals surface area contributed by atoms with Gasteiger partial charge in [-0.2, -0.15) is 0 Å². The lowest BCUT2D eigenvalue weighted by atomic mass is 9.94. The van der Waals surface area contributed by atoms with Crippen LogP contribution in [-0.4, -0.2) is 30.5 Å². The van der Waals surface area contributed by atoms with Crippen molar-refractivity contribution in [3.05, 3.63) is 57.0 Å². The highest BCUT2D eigenvalue weighted by Crippen LogP contribution is 2.26. The molecule has 0 bridgehead atoms. The number of thiophene rings is 1. The smallest absolute Gasteiger partial charge is 0.263 e. The number of hydrogen-bond acceptors (Lipinski definition) is 3. The number of piperidine rings is 1. The van der Waals surface area contributed by atoms with Gasteiger partial charge in [0, 0.05) is 19.7 Å². The minimum atomic E-state index is -0.231. The summed E-state index contributed by atoms with van der Waals surface area (Å²) in [5, 5.41) is 0. The first-order valence-corrected chi connectivity index (χ1v) is 9.68. The number of carbonyl (C=O) groups is 1. The van der Waals surface area contributed by atoms with Crippen LogP contribution in [0.4, 0.5) is 4.39 Å². The zero-order valence-corrected chi connectivity index (χ0v) is 15.5. The Bertz CT molecular complexity index is 713. The molecule has 1 fully saturated rings. The molecule has 2 heterocycles. The molecule has 1 saturated heterocycles. The van der Waals surface area contributed by atoms with Gasteiger partial charge in [-0.3, -0.25) is 4.79 Å². The van der Waals surface area contributed by atoms with Crippen molar-refractivity contribution in [3.63, 3.8) is 0 Å². The second-order valence-electron chi connectivity index (χ2n) is 6.31. The van der Waals surface area contributed by atoms with Gasteiger partial charge in [-0.05, 0) is 55.0 Å². The lowest BCUT2D eigenvalue weighted by molar-refractivity contribution is 0.0643. The highest BCUT2D eigenvalue weighted by molar-refractivity contribution is 7.17. The number of ether oxygens (including phenoxy) is 1. The van der Waals surface area contributed by atoms with E-state index in [0.717, 1.165) is 37.9 Å². The number of likely N-dealkylation sites (tertiary alicyclic amines) is 1. The van der Waals surface area contributed by atoms with Crippen LogP contribution < -0.4 is 0 Å². The fourth-order valence-electron chi connectivity index (χ4n) is 3.08. The van der Waals surface area contributed by atoms with E-state index < -0.39 is 0 Å². The molecule has 0 N–H and O–H groups in total. The van der Waals surface area contributed by atoms with Crippen molar-refractivity contribution >= 4 is 28.8 Å². The van der Waals surface area contributed by atoms with E-state index in [-0.39, 0.29) is 11.7 Å². The van der Waals surface area contributed by atoms with Gasteiger partial charge in [0.15, 0.2) is 0 Å². The third-order valence-electron chi connectivity index (χ3n) is 4.51. The number of nitrogens with zero attached hydrogens (tertiary/aromatic N) is 1. The van der Waals surface area contributed by atoms with Gasteiger partial charge in [0.2, 0.25) is 0 Å². The molecule has 1 aromatic heterocycles. The summed E-state index contributed by atoms with van der Waals surface area (Å²) < 4.78 is 19.4. The lowest BCUT2D eigenvalue weighted by Crippen LogP contribution is -2.38. The average molecular weight is 382 g/mol. The van der Waals surface area contributed by atoms with Gasteiger partial charge in [-0.1, -0.05) is 23.7 Å². The zero-order valence-electron chi connectivity index (χ0n) is 13.9. The molecular weight excluding hydrogens is 361 g/mol. The first-order chi connectivity index (χ1) is 12.1. The van der Waals surface area contributed by atoms with Crippen LogP contribution in [0.1, 0.15) is 34.5 Å². The topological polar surface area (TPSA) is 29.5 Å². The standard InChI is InChI=1S/C19H21ClFNO2S/c20-18-5-4-17(25-18)19(23)22-9-6-14(7-10-22)8-11-24-13-15-2-1-3-16(21)12-15/h1-5,12,14H,6-11,13H2. The minimum absolute atomic E-state index is 0.0812. The highest BCUT2D eigenvalue weighted by Gasteiger charge is 2.24. The number of carbonyl (C=O) groups excluding carboxylic acids is 1. The van der Waals surface area contributed by atoms with Crippen LogP contribution in [0.15, 0.2) is 36.4 Å². The fraction of sp³-hybridized carbons (Fsp3) is 0.421. The quantitative estimate of drug-likeness (QED) is 0.659. The molecule has 1 aliphatic rings. The highest BCUT2D eigenvalue weighted by atomic mass is 35.5. The molecule has 0 spiro atoms. The predicted octanol–water partition coefficient (Wildman–Crippen LogP) is 5.00. The average Bonchev–Trinajstić information content (AvgIpc) is 3.05. The summed E-state index contributed by atoms with van der Waals surface area (Å²) in [6.07, 6.45) is 2.96. The summed E-state index contributed by atoms with van der Waals surface area (Å²) in [6.45, 7) is 2.66. The van der Waals surface area contributed by atoms with Crippen LogP contribution in [0.25, 0.3) is 0 Å². The molecule has 2 aromatic rings. The molecule has 1 amide bonds. The van der Waals surface area contributed by atoms with E-state index in [0.29, 0.717) is 28.3 Å². The van der Waals surface area contributed by atoms with Crippen molar-refractivity contribution in [2.24, 2.45) is 5.92 Å². The van der Waals surface area contributed by atoms with Gasteiger partial charge in [0.25, 0.3) is 5.91 Å². The van der Waals surface area contributed by atoms with Gasteiger partial charge in [0.1, 0.15) is 5.82 Å². The second-order valence-corrected chi connectivity index (χ2v) is 8.03. The third-order valence-corrected chi connectivity index (χ3v) is 5.73. The van der Waals surface area contributed by atoms with Crippen molar-refractivity contribution in [1.82, 2.24) is 4.90 Å². The number of halogens is 2. The molecule has 0 radical (unpaired) electrons. The molecule has 0 atom stereocenters. The Morgan fingerprint density at radius 1 is 1.28 bits per heavy atom. The number of hydrogen-bond donors (Lipinski definition) is 0. The van der Waals surface area contributed by atoms with E-state index >= 15 is 0 Å². The molecule has 1 aliphatic heterocycles. The SMILES string of the molecule is O=C(c1ccc(Cl)s1)N1CCC(CCOCc2cccc(F)c2)CC1. The Labute approximate surface area is 156 Å². The third kappa shape index (κ3) is 5.27. The van der Waals surface area contributed by atoms with Crippen LogP contribution in [-0.2, 0) is 11.3 Å². The van der Waals surface area contributed by atoms with Crippen molar-refractivity contribution in [3.8, 4) is 0 Å². The Morgan fingerprint density at radius 3 is 2.76 bits per heavy atom. The van der Waals surface area contributed by atoms with E-state index in [4.69, 9.17) is 16.3 Å². The second kappa shape index (κ2) is 8.79. The minimum Gasteiger partial charge on any atom is -0.377 e. The van der Waals surface area contributed by atoms with Crippen LogP contribution in [0.2, 0.25) is 4.34 Å². The Hall–Kier alpha value is -1.43. The number of amides is 1. The van der Waals surface area contributed by atoms with Crippen LogP contribution in [0.3, 0.4) is 0 Å². The Balaban J connectivity index is 1.36. The molecule has 0 unspecified atom stereocenters. The van der Waals surface area contributed by atoms with E-state index in [9.17, 15) is 9.18 Å². The largest absolute Gasteiger partial charge is 0.377 e. The molecule has 25 heavy (non-hydrogen) atoms. The van der Waals surface area contributed by atoms with Crippen LogP contribution in [0.5, 0.6) is 0 Å². The maximum absolute atomic E-state index is 13.1. The predicted molar refractivity (Wildman–Crippen MR) is 98.6 cm³/mol. The van der Waals surface area contributed by atoms with E-state index in [1.807, 2.05) is 11.0 Å². The van der Waals surface area contributed by atoms with Crippen molar-refractivity contribution in [2.75, 3.05) is 19.7 Å². The van der Waals surface area contributed by atoms with Gasteiger partial charge < -0.3 is 9.64 Å². The van der Waals surface area contributed by atoms with Crippen LogP contribution in [0, 0.1) is 11.7 Å². The zero-order chi connectivity index (χ0) is 17.6. The van der Waals surface area contributed by atoms with E-state index in [1.54, 1.807) is 18.2 Å². The van der Waals surface area contributed by atoms with Crippen LogP contribution >= 0.6 is 22.9 Å². The fourth-order valence-corrected chi connectivity index (χ4v) is 4.09. The first-order valence-electron chi connectivity index (χ1n) is 8.48. The van der Waals surface area contributed by atoms with Crippen molar-refractivity contribution < 1.29 is 13.9 Å². The van der Waals surface area contributed by atoms with Gasteiger partial charge in [-0.25, -0.2) is 4.39 Å². The maximum atomic E-state index is 13.1. The van der Waals surface area contributed by atoms with Crippen molar-refractivity contribution in [2.45, 2.75) is 25.9 Å². The van der Waals surface area contributed by atoms with E-state index in [2.05, 4.69) is 0 Å². The summed E-state index contributed by atoms with van der Waals surface area (Å²) in [6, 6.07) is 10.1. The molecule has 6 heteroatoms. The normalized spacial score (nSPS) is 15.5. The Kier molecular flexibility index (Phi) is 6.45. The summed E-state index contributed by atoms with van der Waals surface area (Å²) in [4.78, 5) is 15.0. The summed E-state index contributed by atoms with van der Waals surface area (Å²) in [5.74, 6) is 0.423.